The summed E-state index contributed by atoms with van der Waals surface area (Å²) in [5.74, 6) is 0.193. The second-order valence-corrected chi connectivity index (χ2v) is 5.02. The van der Waals surface area contributed by atoms with Gasteiger partial charge in [-0.25, -0.2) is 0 Å². The second-order valence-electron chi connectivity index (χ2n) is 5.02. The molecule has 0 aliphatic carbocycles. The van der Waals surface area contributed by atoms with Gasteiger partial charge in [0.2, 0.25) is 0 Å². The Morgan fingerprint density at radius 3 is 2.45 bits per heavy atom. The number of nitrogens with one attached hydrogen (secondary N) is 1. The third kappa shape index (κ3) is 3.60. The lowest BCUT2D eigenvalue weighted by Gasteiger charge is -2.08. The molecule has 0 aliphatic rings. The number of alkyl halides is 2. The summed E-state index contributed by atoms with van der Waals surface area (Å²) in [5.41, 5.74) is 1.35. The van der Waals surface area contributed by atoms with Gasteiger partial charge in [-0.2, -0.15) is 8.78 Å². The van der Waals surface area contributed by atoms with E-state index in [1.54, 1.807) is 6.92 Å². The second kappa shape index (κ2) is 6.55. The number of nitrogens with zero attached hydrogens (tertiary/aromatic N) is 1. The van der Waals surface area contributed by atoms with Gasteiger partial charge in [0, 0.05) is 11.6 Å². The van der Waals surface area contributed by atoms with Crippen molar-refractivity contribution in [1.82, 2.24) is 5.16 Å². The van der Waals surface area contributed by atoms with Crippen molar-refractivity contribution in [2.75, 3.05) is 5.32 Å². The van der Waals surface area contributed by atoms with Crippen LogP contribution >= 0.6 is 0 Å². The predicted molar refractivity (Wildman–Crippen MR) is 76.4 cm³/mol. The van der Waals surface area contributed by atoms with Gasteiger partial charge in [-0.05, 0) is 31.2 Å². The van der Waals surface area contributed by atoms with E-state index in [1.165, 1.54) is 24.3 Å². The molecule has 0 atom stereocenters. The Balaban J connectivity index is 2.14. The maximum absolute atomic E-state index is 12.3. The largest absolute Gasteiger partial charge is 0.435 e. The summed E-state index contributed by atoms with van der Waals surface area (Å²) in [6.07, 6.45) is 0. The van der Waals surface area contributed by atoms with Crippen molar-refractivity contribution in [3.8, 4) is 5.75 Å². The highest BCUT2D eigenvalue weighted by Gasteiger charge is 2.22. The van der Waals surface area contributed by atoms with Gasteiger partial charge < -0.3 is 14.6 Å². The van der Waals surface area contributed by atoms with Crippen LogP contribution in [0.1, 0.15) is 41.6 Å². The molecule has 0 aliphatic heterocycles. The van der Waals surface area contributed by atoms with Crippen LogP contribution in [-0.2, 0) is 0 Å². The van der Waals surface area contributed by atoms with Gasteiger partial charge in [0.1, 0.15) is 11.3 Å². The molecule has 1 amide bonds. The van der Waals surface area contributed by atoms with Crippen LogP contribution in [0, 0.1) is 6.92 Å². The Bertz CT molecular complexity index is 651. The lowest BCUT2D eigenvalue weighted by molar-refractivity contribution is -0.0498. The topological polar surface area (TPSA) is 64.4 Å². The predicted octanol–water partition coefficient (Wildman–Crippen LogP) is 3.96. The maximum Gasteiger partial charge on any atom is 0.387 e. The molecule has 0 saturated heterocycles. The highest BCUT2D eigenvalue weighted by molar-refractivity contribution is 6.05. The van der Waals surface area contributed by atoms with Gasteiger partial charge in [0.15, 0.2) is 5.76 Å². The number of carbonyl (C=O) groups excluding carboxylic acids is 1. The number of ether oxygens (including phenoxy) is 1. The Kier molecular flexibility index (Phi) is 4.75. The summed E-state index contributed by atoms with van der Waals surface area (Å²) in [4.78, 5) is 12.3. The van der Waals surface area contributed by atoms with Crippen LogP contribution in [0.3, 0.4) is 0 Å². The van der Waals surface area contributed by atoms with Gasteiger partial charge in [0.05, 0.1) is 5.69 Å². The van der Waals surface area contributed by atoms with Crippen LogP contribution in [-0.4, -0.2) is 17.7 Å². The highest BCUT2D eigenvalue weighted by atomic mass is 19.3. The number of carbonyl (C=O) groups is 1. The fraction of sp³-hybridized carbons (Fsp3) is 0.333. The van der Waals surface area contributed by atoms with Crippen LogP contribution < -0.4 is 10.1 Å². The zero-order chi connectivity index (χ0) is 16.3. The van der Waals surface area contributed by atoms with E-state index in [0.717, 1.165) is 0 Å². The number of anilines is 1. The minimum absolute atomic E-state index is 0.0174. The smallest absolute Gasteiger partial charge is 0.387 e. The van der Waals surface area contributed by atoms with Gasteiger partial charge in [-0.3, -0.25) is 4.79 Å². The molecule has 5 nitrogen and oxygen atoms in total. The molecule has 0 bridgehead atoms. The molecule has 22 heavy (non-hydrogen) atoms. The van der Waals surface area contributed by atoms with E-state index < -0.39 is 6.61 Å². The highest BCUT2D eigenvalue weighted by Crippen LogP contribution is 2.24. The molecule has 1 aromatic carbocycles. The number of amides is 1. The molecule has 7 heteroatoms. The van der Waals surface area contributed by atoms with E-state index >= 15 is 0 Å². The van der Waals surface area contributed by atoms with Crippen molar-refractivity contribution in [1.29, 1.82) is 0 Å². The minimum atomic E-state index is -2.88. The molecule has 1 N–H and O–H groups in total. The molecule has 0 saturated carbocycles. The quantitative estimate of drug-likeness (QED) is 0.908. The van der Waals surface area contributed by atoms with Crippen LogP contribution in [0.15, 0.2) is 28.8 Å². The average Bonchev–Trinajstić information content (AvgIpc) is 2.82. The van der Waals surface area contributed by atoms with Crippen molar-refractivity contribution in [3.63, 3.8) is 0 Å². The van der Waals surface area contributed by atoms with E-state index in [1.807, 2.05) is 13.8 Å². The molecule has 0 unspecified atom stereocenters. The standard InChI is InChI=1S/C15H16F2N2O3/c1-8(2)13-12(9(3)19-22-13)14(20)18-10-4-6-11(7-5-10)21-15(16)17/h4-8,15H,1-3H3,(H,18,20). The first-order chi connectivity index (χ1) is 10.4. The number of hydrogen-bond donors (Lipinski definition) is 1. The average molecular weight is 310 g/mol. The SMILES string of the molecule is Cc1noc(C(C)C)c1C(=O)Nc1ccc(OC(F)F)cc1. The summed E-state index contributed by atoms with van der Waals surface area (Å²) in [5, 5.41) is 6.49. The van der Waals surface area contributed by atoms with Crippen LogP contribution in [0.5, 0.6) is 5.75 Å². The van der Waals surface area contributed by atoms with Crippen LogP contribution in [0.25, 0.3) is 0 Å². The summed E-state index contributed by atoms with van der Waals surface area (Å²) in [6, 6.07) is 5.66. The van der Waals surface area contributed by atoms with Crippen molar-refractivity contribution in [2.45, 2.75) is 33.3 Å². The van der Waals surface area contributed by atoms with E-state index in [4.69, 9.17) is 4.52 Å². The minimum Gasteiger partial charge on any atom is -0.435 e. The van der Waals surface area contributed by atoms with Crippen molar-refractivity contribution < 1.29 is 22.8 Å². The molecule has 0 radical (unpaired) electrons. The fourth-order valence-electron chi connectivity index (χ4n) is 1.97. The summed E-state index contributed by atoms with van der Waals surface area (Å²) in [7, 11) is 0. The van der Waals surface area contributed by atoms with Crippen LogP contribution in [0.2, 0.25) is 0 Å². The third-order valence-electron chi connectivity index (χ3n) is 2.98. The van der Waals surface area contributed by atoms with E-state index in [9.17, 15) is 13.6 Å². The molecule has 2 aromatic rings. The van der Waals surface area contributed by atoms with Gasteiger partial charge in [-0.1, -0.05) is 19.0 Å². The molecule has 0 spiro atoms. The number of aryl methyl sites for hydroxylation is 1. The van der Waals surface area contributed by atoms with Crippen LogP contribution in [0.4, 0.5) is 14.5 Å². The molecule has 1 aromatic heterocycles. The molecule has 1 heterocycles. The summed E-state index contributed by atoms with van der Waals surface area (Å²) >= 11 is 0. The zero-order valence-corrected chi connectivity index (χ0v) is 12.4. The first kappa shape index (κ1) is 15.9. The number of rotatable bonds is 5. The Morgan fingerprint density at radius 1 is 1.27 bits per heavy atom. The molecular weight excluding hydrogens is 294 g/mol. The first-order valence-electron chi connectivity index (χ1n) is 6.71. The lowest BCUT2D eigenvalue weighted by atomic mass is 10.0. The number of hydrogen-bond acceptors (Lipinski definition) is 4. The van der Waals surface area contributed by atoms with Crippen molar-refractivity contribution in [2.24, 2.45) is 0 Å². The van der Waals surface area contributed by atoms with Crippen molar-refractivity contribution >= 4 is 11.6 Å². The summed E-state index contributed by atoms with van der Waals surface area (Å²) < 4.78 is 33.6. The monoisotopic (exact) mass is 310 g/mol. The lowest BCUT2D eigenvalue weighted by Crippen LogP contribution is -2.14. The zero-order valence-electron chi connectivity index (χ0n) is 12.4. The molecule has 2 rings (SSSR count). The van der Waals surface area contributed by atoms with Gasteiger partial charge in [-0.15, -0.1) is 0 Å². The third-order valence-corrected chi connectivity index (χ3v) is 2.98. The maximum atomic E-state index is 12.3. The fourth-order valence-corrected chi connectivity index (χ4v) is 1.97. The normalized spacial score (nSPS) is 11.0. The molecule has 118 valence electrons. The van der Waals surface area contributed by atoms with E-state index in [0.29, 0.717) is 22.7 Å². The van der Waals surface area contributed by atoms with E-state index in [2.05, 4.69) is 15.2 Å². The number of aromatic nitrogens is 1. The Labute approximate surface area is 126 Å². The Hall–Kier alpha value is -2.44. The Morgan fingerprint density at radius 2 is 1.91 bits per heavy atom. The van der Waals surface area contributed by atoms with Gasteiger partial charge in [0.25, 0.3) is 5.91 Å². The van der Waals surface area contributed by atoms with Gasteiger partial charge >= 0.3 is 6.61 Å². The van der Waals surface area contributed by atoms with Crippen molar-refractivity contribution in [3.05, 3.63) is 41.3 Å². The first-order valence-corrected chi connectivity index (χ1v) is 6.71. The molecular formula is C15H16F2N2O3. The molecule has 0 fully saturated rings. The van der Waals surface area contributed by atoms with E-state index in [-0.39, 0.29) is 17.6 Å². The number of benzene rings is 1. The number of halogens is 2. The summed E-state index contributed by atoms with van der Waals surface area (Å²) in [6.45, 7) is 2.60.